The van der Waals surface area contributed by atoms with Crippen LogP contribution in [0.15, 0.2) is 69.8 Å². The highest BCUT2D eigenvalue weighted by molar-refractivity contribution is 7.90. The van der Waals surface area contributed by atoms with Crippen LogP contribution in [0.5, 0.6) is 0 Å². The molecule has 0 N–H and O–H groups in total. The fraction of sp³-hybridized carbons (Fsp3) is 0.576. The molecule has 1 fully saturated rings. The predicted molar refractivity (Wildman–Crippen MR) is 169 cm³/mol. The highest BCUT2D eigenvalue weighted by Crippen LogP contribution is 2.43. The monoisotopic (exact) mass is 539 g/mol. The van der Waals surface area contributed by atoms with Crippen molar-refractivity contribution in [1.29, 1.82) is 0 Å². The Labute approximate surface area is 234 Å². The number of hydrogen-bond donors (Lipinski definition) is 0. The number of rotatable bonds is 13. The normalized spacial score (nSPS) is 19.0. The van der Waals surface area contributed by atoms with Gasteiger partial charge in [0, 0.05) is 45.9 Å². The zero-order valence-corrected chi connectivity index (χ0v) is 26.2. The van der Waals surface area contributed by atoms with E-state index >= 15 is 0 Å². The zero-order chi connectivity index (χ0) is 28.1. The van der Waals surface area contributed by atoms with Gasteiger partial charge in [-0.05, 0) is 89.5 Å². The minimum absolute atomic E-state index is 0.362. The van der Waals surface area contributed by atoms with Gasteiger partial charge in [-0.3, -0.25) is 0 Å². The van der Waals surface area contributed by atoms with E-state index in [1.165, 1.54) is 22.3 Å². The molecule has 1 saturated heterocycles. The van der Waals surface area contributed by atoms with E-state index in [0.717, 1.165) is 58.2 Å². The molecule has 1 aliphatic heterocycles. The average molecular weight is 540 g/mol. The summed E-state index contributed by atoms with van der Waals surface area (Å²) in [6.07, 6.45) is 19.3. The molecule has 212 valence electrons. The van der Waals surface area contributed by atoms with Gasteiger partial charge in [-0.25, -0.2) is 12.9 Å². The van der Waals surface area contributed by atoms with Crippen LogP contribution in [-0.2, 0) is 9.92 Å². The van der Waals surface area contributed by atoms with Crippen LogP contribution in [0.2, 0.25) is 0 Å². The van der Waals surface area contributed by atoms with E-state index in [4.69, 9.17) is 0 Å². The van der Waals surface area contributed by atoms with E-state index in [0.29, 0.717) is 11.8 Å². The summed E-state index contributed by atoms with van der Waals surface area (Å²) in [5.74, 6) is 0.880. The number of nitrogens with zero attached hydrogens (tertiary/aromatic N) is 3. The Bertz CT molecular complexity index is 1110. The standard InChI is InChI=1S/C33H53N3OS/c1-9-12-18-31(28(5)11-3)33(29-20-24-36(25-21-29)38(8,37)34-6)32-19-14-13-17-30(32)26-27(4)16-15-23-35(7)22-10-2/h9-10,12-14,17,19,22,26,29,33H,11,15-16,18,20-21,23-25H2,1-8H3/b12-9-,22-10-,27-26+,31-28+. The molecule has 4 nitrogen and oxygen atoms in total. The quantitative estimate of drug-likeness (QED) is 0.236. The molecule has 0 spiro atoms. The lowest BCUT2D eigenvalue weighted by atomic mass is 9.72. The molecule has 38 heavy (non-hydrogen) atoms. The van der Waals surface area contributed by atoms with Gasteiger partial charge in [-0.15, -0.1) is 0 Å². The van der Waals surface area contributed by atoms with Crippen molar-refractivity contribution in [3.8, 4) is 0 Å². The third kappa shape index (κ3) is 9.27. The lowest BCUT2D eigenvalue weighted by Crippen LogP contribution is -2.39. The van der Waals surface area contributed by atoms with Crippen molar-refractivity contribution in [2.75, 3.05) is 40.0 Å². The SMILES string of the molecule is C/C=C\C/C(=C(/C)CC)C(c1ccccc1/C=C(\C)CCCN(C)/C=C\C)C1CCN(S(C)(=O)=NC)CC1. The molecule has 0 bridgehead atoms. The zero-order valence-electron chi connectivity index (χ0n) is 25.4. The molecule has 1 aromatic rings. The van der Waals surface area contributed by atoms with Gasteiger partial charge < -0.3 is 4.90 Å². The number of piperidine rings is 1. The molecule has 1 aromatic carbocycles. The maximum Gasteiger partial charge on any atom is 0.107 e. The number of hydrogen-bond acceptors (Lipinski definition) is 3. The second-order valence-electron chi connectivity index (χ2n) is 10.8. The van der Waals surface area contributed by atoms with Gasteiger partial charge in [0.15, 0.2) is 0 Å². The first-order valence-electron chi connectivity index (χ1n) is 14.4. The van der Waals surface area contributed by atoms with Gasteiger partial charge in [0.1, 0.15) is 9.92 Å². The summed E-state index contributed by atoms with van der Waals surface area (Å²) < 4.78 is 19.3. The fourth-order valence-corrected chi connectivity index (χ4v) is 6.75. The molecule has 0 amide bonds. The Morgan fingerprint density at radius 2 is 1.87 bits per heavy atom. The van der Waals surface area contributed by atoms with Crippen molar-refractivity contribution >= 4 is 16.0 Å². The van der Waals surface area contributed by atoms with Crippen LogP contribution in [0, 0.1) is 5.92 Å². The molecule has 1 heterocycles. The molecule has 1 aliphatic rings. The second kappa shape index (κ2) is 16.1. The molecular weight excluding hydrogens is 486 g/mol. The van der Waals surface area contributed by atoms with Crippen molar-refractivity contribution in [3.63, 3.8) is 0 Å². The summed E-state index contributed by atoms with van der Waals surface area (Å²) in [4.78, 5) is 2.26. The summed E-state index contributed by atoms with van der Waals surface area (Å²) in [5, 5.41) is 0. The molecule has 0 aromatic heterocycles. The summed E-state index contributed by atoms with van der Waals surface area (Å²) in [5.41, 5.74) is 7.29. The summed E-state index contributed by atoms with van der Waals surface area (Å²) in [6, 6.07) is 9.05. The molecule has 0 radical (unpaired) electrons. The van der Waals surface area contributed by atoms with E-state index in [-0.39, 0.29) is 0 Å². The maximum atomic E-state index is 13.0. The van der Waals surface area contributed by atoms with E-state index in [1.54, 1.807) is 18.9 Å². The first-order chi connectivity index (χ1) is 18.2. The van der Waals surface area contributed by atoms with Crippen molar-refractivity contribution in [3.05, 3.63) is 76.5 Å². The summed E-state index contributed by atoms with van der Waals surface area (Å²) >= 11 is 0. The van der Waals surface area contributed by atoms with Crippen LogP contribution in [0.25, 0.3) is 6.08 Å². The van der Waals surface area contributed by atoms with E-state index in [9.17, 15) is 4.21 Å². The molecular formula is C33H53N3OS. The highest BCUT2D eigenvalue weighted by atomic mass is 32.2. The minimum Gasteiger partial charge on any atom is -0.381 e. The fourth-order valence-electron chi connectivity index (χ4n) is 5.63. The summed E-state index contributed by atoms with van der Waals surface area (Å²) in [7, 11) is 1.56. The lowest BCUT2D eigenvalue weighted by Gasteiger charge is -2.38. The molecule has 5 heteroatoms. The first-order valence-corrected chi connectivity index (χ1v) is 16.3. The second-order valence-corrected chi connectivity index (χ2v) is 13.2. The van der Waals surface area contributed by atoms with Crippen LogP contribution in [0.1, 0.15) is 90.2 Å². The predicted octanol–water partition coefficient (Wildman–Crippen LogP) is 8.47. The van der Waals surface area contributed by atoms with Gasteiger partial charge in [-0.1, -0.05) is 72.2 Å². The number of allylic oxidation sites excluding steroid dienone is 6. The molecule has 0 aliphatic carbocycles. The minimum atomic E-state index is -2.27. The Morgan fingerprint density at radius 3 is 2.47 bits per heavy atom. The number of benzene rings is 1. The van der Waals surface area contributed by atoms with E-state index in [1.807, 2.05) is 0 Å². The van der Waals surface area contributed by atoms with Crippen molar-refractivity contribution in [1.82, 2.24) is 9.21 Å². The molecule has 2 rings (SSSR count). The first kappa shape index (κ1) is 32.1. The van der Waals surface area contributed by atoms with Crippen molar-refractivity contribution in [2.45, 2.75) is 79.1 Å². The Kier molecular flexibility index (Phi) is 13.6. The van der Waals surface area contributed by atoms with Gasteiger partial charge >= 0.3 is 0 Å². The summed E-state index contributed by atoms with van der Waals surface area (Å²) in [6.45, 7) is 13.8. The van der Waals surface area contributed by atoms with Gasteiger partial charge in [0.05, 0.1) is 0 Å². The third-order valence-electron chi connectivity index (χ3n) is 8.03. The highest BCUT2D eigenvalue weighted by Gasteiger charge is 2.33. The Balaban J connectivity index is 2.46. The van der Waals surface area contributed by atoms with Crippen LogP contribution in [0.4, 0.5) is 0 Å². The molecule has 2 unspecified atom stereocenters. The van der Waals surface area contributed by atoms with E-state index in [2.05, 4.69) is 110 Å². The van der Waals surface area contributed by atoms with Crippen LogP contribution < -0.4 is 0 Å². The maximum absolute atomic E-state index is 13.0. The van der Waals surface area contributed by atoms with Crippen LogP contribution >= 0.6 is 0 Å². The third-order valence-corrected chi connectivity index (χ3v) is 10.0. The van der Waals surface area contributed by atoms with Gasteiger partial charge in [-0.2, -0.15) is 0 Å². The van der Waals surface area contributed by atoms with E-state index < -0.39 is 9.92 Å². The largest absolute Gasteiger partial charge is 0.381 e. The topological polar surface area (TPSA) is 35.9 Å². The van der Waals surface area contributed by atoms with Gasteiger partial charge in [0.25, 0.3) is 0 Å². The smallest absolute Gasteiger partial charge is 0.107 e. The average Bonchev–Trinajstić information content (AvgIpc) is 2.91. The van der Waals surface area contributed by atoms with Crippen molar-refractivity contribution < 1.29 is 4.21 Å². The van der Waals surface area contributed by atoms with Crippen molar-refractivity contribution in [2.24, 2.45) is 10.3 Å². The molecule has 0 saturated carbocycles. The Hall–Kier alpha value is -2.11. The van der Waals surface area contributed by atoms with Crippen LogP contribution in [0.3, 0.4) is 0 Å². The van der Waals surface area contributed by atoms with Crippen LogP contribution in [-0.4, -0.2) is 53.4 Å². The van der Waals surface area contributed by atoms with Gasteiger partial charge in [0.2, 0.25) is 0 Å². The molecule has 2 atom stereocenters. The Morgan fingerprint density at radius 1 is 1.18 bits per heavy atom. The lowest BCUT2D eigenvalue weighted by molar-refractivity contribution is 0.260.